The highest BCUT2D eigenvalue weighted by Gasteiger charge is 2.23. The molecule has 1 unspecified atom stereocenters. The van der Waals surface area contributed by atoms with Crippen LogP contribution in [0.15, 0.2) is 30.3 Å². The van der Waals surface area contributed by atoms with Gasteiger partial charge in [0.15, 0.2) is 0 Å². The number of nitrogens with two attached hydrogens (primary N) is 1. The van der Waals surface area contributed by atoms with E-state index in [0.29, 0.717) is 6.10 Å². The van der Waals surface area contributed by atoms with Gasteiger partial charge in [-0.2, -0.15) is 5.10 Å². The molecule has 0 spiro atoms. The van der Waals surface area contributed by atoms with Crippen LogP contribution in [0.4, 0.5) is 0 Å². The molecule has 3 N–H and O–H groups in total. The first-order valence-corrected chi connectivity index (χ1v) is 7.48. The number of aromatic nitrogens is 2. The van der Waals surface area contributed by atoms with Gasteiger partial charge >= 0.3 is 0 Å². The summed E-state index contributed by atoms with van der Waals surface area (Å²) in [5, 5.41) is 4.49. The van der Waals surface area contributed by atoms with Crippen LogP contribution >= 0.6 is 0 Å². The largest absolute Gasteiger partial charge is 0.490 e. The summed E-state index contributed by atoms with van der Waals surface area (Å²) in [6, 6.07) is 10.1. The fraction of sp³-hybridized carbons (Fsp3) is 0.438. The van der Waals surface area contributed by atoms with Gasteiger partial charge in [0.2, 0.25) is 0 Å². The number of hydrogen-bond acceptors (Lipinski definition) is 4. The molecule has 1 aromatic carbocycles. The smallest absolute Gasteiger partial charge is 0.119 e. The molecular formula is C16H22N4O. The highest BCUT2D eigenvalue weighted by Crippen LogP contribution is 2.29. The van der Waals surface area contributed by atoms with Gasteiger partial charge in [-0.15, -0.1) is 0 Å². The average molecular weight is 286 g/mol. The minimum absolute atomic E-state index is 0.0684. The van der Waals surface area contributed by atoms with Crippen LogP contribution in [-0.2, 0) is 6.54 Å². The minimum Gasteiger partial charge on any atom is -0.490 e. The molecule has 1 saturated carbocycles. The zero-order valence-electron chi connectivity index (χ0n) is 12.5. The molecule has 0 aliphatic heterocycles. The zero-order valence-corrected chi connectivity index (χ0v) is 12.5. The summed E-state index contributed by atoms with van der Waals surface area (Å²) >= 11 is 0. The molecule has 1 aliphatic rings. The van der Waals surface area contributed by atoms with Crippen molar-refractivity contribution in [2.45, 2.75) is 45.4 Å². The third-order valence-corrected chi connectivity index (χ3v) is 3.74. The summed E-state index contributed by atoms with van der Waals surface area (Å²) in [4.78, 5) is 0. The van der Waals surface area contributed by atoms with Crippen molar-refractivity contribution in [2.24, 2.45) is 5.84 Å². The van der Waals surface area contributed by atoms with Crippen molar-refractivity contribution in [2.75, 3.05) is 0 Å². The van der Waals surface area contributed by atoms with Gasteiger partial charge in [0.1, 0.15) is 5.75 Å². The average Bonchev–Trinajstić information content (AvgIpc) is 3.23. The molecule has 21 heavy (non-hydrogen) atoms. The van der Waals surface area contributed by atoms with Crippen molar-refractivity contribution in [3.63, 3.8) is 0 Å². The Balaban J connectivity index is 1.84. The number of benzene rings is 1. The zero-order chi connectivity index (χ0) is 14.8. The first kappa shape index (κ1) is 14.1. The molecule has 5 nitrogen and oxygen atoms in total. The molecule has 5 heteroatoms. The number of aryl methyl sites for hydroxylation is 2. The predicted molar refractivity (Wildman–Crippen MR) is 81.9 cm³/mol. The summed E-state index contributed by atoms with van der Waals surface area (Å²) in [6.45, 7) is 4.90. The van der Waals surface area contributed by atoms with E-state index in [1.165, 1.54) is 12.8 Å². The van der Waals surface area contributed by atoms with Gasteiger partial charge in [0.25, 0.3) is 0 Å². The number of ether oxygens (including phenoxy) is 1. The van der Waals surface area contributed by atoms with Gasteiger partial charge in [-0.05, 0) is 50.5 Å². The van der Waals surface area contributed by atoms with Crippen LogP contribution in [0.25, 0.3) is 0 Å². The Bertz CT molecular complexity index is 601. The maximum atomic E-state index is 5.78. The van der Waals surface area contributed by atoms with Gasteiger partial charge in [-0.25, -0.2) is 5.43 Å². The predicted octanol–water partition coefficient (Wildman–Crippen LogP) is 2.31. The van der Waals surface area contributed by atoms with Gasteiger partial charge in [0.05, 0.1) is 23.5 Å². The molecule has 1 fully saturated rings. The number of hydrogen-bond donors (Lipinski definition) is 2. The molecule has 0 amide bonds. The molecule has 1 atom stereocenters. The maximum absolute atomic E-state index is 5.78. The molecule has 0 saturated heterocycles. The summed E-state index contributed by atoms with van der Waals surface area (Å²) < 4.78 is 7.76. The Morgan fingerprint density at radius 3 is 2.67 bits per heavy atom. The molecule has 0 radical (unpaired) electrons. The molecule has 1 heterocycles. The Kier molecular flexibility index (Phi) is 3.94. The van der Waals surface area contributed by atoms with E-state index in [9.17, 15) is 0 Å². The highest BCUT2D eigenvalue weighted by molar-refractivity contribution is 5.34. The molecule has 3 rings (SSSR count). The fourth-order valence-corrected chi connectivity index (χ4v) is 2.52. The van der Waals surface area contributed by atoms with E-state index in [-0.39, 0.29) is 6.04 Å². The second-order valence-corrected chi connectivity index (χ2v) is 5.51. The molecule has 1 aromatic heterocycles. The van der Waals surface area contributed by atoms with Crippen LogP contribution in [0.3, 0.4) is 0 Å². The van der Waals surface area contributed by atoms with Crippen LogP contribution in [-0.4, -0.2) is 15.9 Å². The monoisotopic (exact) mass is 286 g/mol. The Morgan fingerprint density at radius 1 is 1.38 bits per heavy atom. The van der Waals surface area contributed by atoms with Crippen molar-refractivity contribution in [1.29, 1.82) is 0 Å². The van der Waals surface area contributed by atoms with E-state index in [0.717, 1.165) is 29.2 Å². The van der Waals surface area contributed by atoms with Gasteiger partial charge in [-0.3, -0.25) is 10.5 Å². The molecule has 1 aliphatic carbocycles. The maximum Gasteiger partial charge on any atom is 0.119 e. The van der Waals surface area contributed by atoms with Crippen LogP contribution < -0.4 is 16.0 Å². The highest BCUT2D eigenvalue weighted by atomic mass is 16.5. The topological polar surface area (TPSA) is 65.1 Å². The molecule has 0 bridgehead atoms. The van der Waals surface area contributed by atoms with E-state index in [1.807, 2.05) is 23.7 Å². The second-order valence-electron chi connectivity index (χ2n) is 5.51. The van der Waals surface area contributed by atoms with Crippen LogP contribution in [0.1, 0.15) is 42.8 Å². The van der Waals surface area contributed by atoms with Gasteiger partial charge in [0, 0.05) is 6.54 Å². The fourth-order valence-electron chi connectivity index (χ4n) is 2.52. The summed E-state index contributed by atoms with van der Waals surface area (Å²) in [7, 11) is 0. The lowest BCUT2D eigenvalue weighted by molar-refractivity contribution is 0.303. The number of nitrogens with one attached hydrogen (secondary N) is 1. The quantitative estimate of drug-likeness (QED) is 0.632. The lowest BCUT2D eigenvalue weighted by atomic mass is 10.0. The van der Waals surface area contributed by atoms with E-state index in [2.05, 4.69) is 35.6 Å². The third-order valence-electron chi connectivity index (χ3n) is 3.74. The van der Waals surface area contributed by atoms with E-state index < -0.39 is 0 Å². The van der Waals surface area contributed by atoms with E-state index >= 15 is 0 Å². The summed E-state index contributed by atoms with van der Waals surface area (Å²) in [6.07, 6.45) is 2.76. The summed E-state index contributed by atoms with van der Waals surface area (Å²) in [5.74, 6) is 6.70. The molecule has 112 valence electrons. The third kappa shape index (κ3) is 3.09. The Morgan fingerprint density at radius 2 is 2.10 bits per heavy atom. The van der Waals surface area contributed by atoms with E-state index in [4.69, 9.17) is 10.6 Å². The van der Waals surface area contributed by atoms with Gasteiger partial charge in [-0.1, -0.05) is 12.1 Å². The molecular weight excluding hydrogens is 264 g/mol. The van der Waals surface area contributed by atoms with Gasteiger partial charge < -0.3 is 4.74 Å². The minimum atomic E-state index is -0.0684. The number of nitrogens with zero attached hydrogens (tertiary/aromatic N) is 2. The first-order chi connectivity index (χ1) is 10.2. The van der Waals surface area contributed by atoms with Crippen LogP contribution in [0.2, 0.25) is 0 Å². The van der Waals surface area contributed by atoms with E-state index in [1.54, 1.807) is 0 Å². The Labute approximate surface area is 125 Å². The number of hydrazine groups is 1. The van der Waals surface area contributed by atoms with Crippen LogP contribution in [0, 0.1) is 6.92 Å². The molecule has 2 aromatic rings. The SMILES string of the molecule is CCn1nc(C)cc1C(NN)c1ccc(OC2CC2)cc1. The van der Waals surface area contributed by atoms with Crippen molar-refractivity contribution in [3.8, 4) is 5.75 Å². The number of rotatable bonds is 6. The normalized spacial score (nSPS) is 16.0. The second kappa shape index (κ2) is 5.87. The van der Waals surface area contributed by atoms with Crippen molar-refractivity contribution < 1.29 is 4.74 Å². The van der Waals surface area contributed by atoms with Crippen molar-refractivity contribution in [1.82, 2.24) is 15.2 Å². The van der Waals surface area contributed by atoms with Crippen molar-refractivity contribution >= 4 is 0 Å². The lowest BCUT2D eigenvalue weighted by Gasteiger charge is -2.18. The van der Waals surface area contributed by atoms with Crippen molar-refractivity contribution in [3.05, 3.63) is 47.3 Å². The Hall–Kier alpha value is -1.85. The summed E-state index contributed by atoms with van der Waals surface area (Å²) in [5.41, 5.74) is 6.08. The first-order valence-electron chi connectivity index (χ1n) is 7.48. The van der Waals surface area contributed by atoms with Crippen LogP contribution in [0.5, 0.6) is 5.75 Å². The lowest BCUT2D eigenvalue weighted by Crippen LogP contribution is -2.30. The standard InChI is InChI=1S/C16H22N4O/c1-3-20-15(10-11(2)19-20)16(18-17)12-4-6-13(7-5-12)21-14-8-9-14/h4-7,10,14,16,18H,3,8-9,17H2,1-2H3.